The Balaban J connectivity index is 1.54. The highest BCUT2D eigenvalue weighted by Gasteiger charge is 2.64. The van der Waals surface area contributed by atoms with Gasteiger partial charge in [-0.1, -0.05) is 30.3 Å². The van der Waals surface area contributed by atoms with Gasteiger partial charge in [0.15, 0.2) is 0 Å². The van der Waals surface area contributed by atoms with Crippen molar-refractivity contribution in [3.05, 3.63) is 35.9 Å². The number of rotatable bonds is 3. The second-order valence-corrected chi connectivity index (χ2v) is 4.55. The largest absolute Gasteiger partial charge is 0.465 e. The molecule has 0 bridgehead atoms. The van der Waals surface area contributed by atoms with Crippen LogP contribution >= 0.6 is 0 Å². The van der Waals surface area contributed by atoms with Crippen LogP contribution < -0.4 is 5.32 Å². The third kappa shape index (κ3) is 1.79. The van der Waals surface area contributed by atoms with Crippen LogP contribution in [0.5, 0.6) is 0 Å². The third-order valence-electron chi connectivity index (χ3n) is 3.47. The number of hydrogen-bond donors (Lipinski definition) is 1. The van der Waals surface area contributed by atoms with Gasteiger partial charge in [0.05, 0.1) is 18.4 Å². The lowest BCUT2D eigenvalue weighted by atomic mass is 10.2. The van der Waals surface area contributed by atoms with Gasteiger partial charge >= 0.3 is 5.97 Å². The van der Waals surface area contributed by atoms with Gasteiger partial charge in [0.1, 0.15) is 0 Å². The molecule has 2 fully saturated rings. The standard InChI is InChI=1S/C13H13NO3/c15-12(10-9-7-17-13(16)11(9)10)14-6-8-4-2-1-3-5-8/h1-5,9-11H,6-7H2,(H,14,15)/t9-,10-,11-/m1/s1. The van der Waals surface area contributed by atoms with E-state index >= 15 is 0 Å². The summed E-state index contributed by atoms with van der Waals surface area (Å²) in [5, 5.41) is 2.86. The van der Waals surface area contributed by atoms with E-state index in [0.29, 0.717) is 13.2 Å². The highest BCUT2D eigenvalue weighted by atomic mass is 16.5. The molecule has 1 saturated heterocycles. The van der Waals surface area contributed by atoms with Crippen LogP contribution in [0.25, 0.3) is 0 Å². The minimum atomic E-state index is -0.213. The molecule has 0 spiro atoms. The maximum Gasteiger partial charge on any atom is 0.310 e. The van der Waals surface area contributed by atoms with Gasteiger partial charge in [-0.15, -0.1) is 0 Å². The van der Waals surface area contributed by atoms with Crippen LogP contribution in [-0.4, -0.2) is 18.5 Å². The van der Waals surface area contributed by atoms with E-state index in [0.717, 1.165) is 5.56 Å². The van der Waals surface area contributed by atoms with Crippen molar-refractivity contribution in [2.75, 3.05) is 6.61 Å². The van der Waals surface area contributed by atoms with Gasteiger partial charge < -0.3 is 10.1 Å². The number of ether oxygens (including phenoxy) is 1. The van der Waals surface area contributed by atoms with Crippen LogP contribution in [0.15, 0.2) is 30.3 Å². The van der Waals surface area contributed by atoms with Crippen molar-refractivity contribution in [1.29, 1.82) is 0 Å². The number of nitrogens with one attached hydrogen (secondary N) is 1. The van der Waals surface area contributed by atoms with E-state index in [1.54, 1.807) is 0 Å². The van der Waals surface area contributed by atoms with Gasteiger partial charge in [0.25, 0.3) is 0 Å². The smallest absolute Gasteiger partial charge is 0.310 e. The summed E-state index contributed by atoms with van der Waals surface area (Å²) in [6.07, 6.45) is 0. The molecule has 1 aliphatic heterocycles. The fourth-order valence-corrected chi connectivity index (χ4v) is 2.44. The van der Waals surface area contributed by atoms with Crippen LogP contribution in [-0.2, 0) is 20.9 Å². The van der Waals surface area contributed by atoms with Crippen molar-refractivity contribution < 1.29 is 14.3 Å². The molecular weight excluding hydrogens is 218 g/mol. The number of amides is 1. The first-order valence-corrected chi connectivity index (χ1v) is 5.75. The third-order valence-corrected chi connectivity index (χ3v) is 3.47. The van der Waals surface area contributed by atoms with Gasteiger partial charge in [-0.3, -0.25) is 9.59 Å². The van der Waals surface area contributed by atoms with Crippen LogP contribution in [0.2, 0.25) is 0 Å². The Morgan fingerprint density at radius 2 is 2.12 bits per heavy atom. The van der Waals surface area contributed by atoms with E-state index in [9.17, 15) is 9.59 Å². The topological polar surface area (TPSA) is 55.4 Å². The molecule has 4 heteroatoms. The fraction of sp³-hybridized carbons (Fsp3) is 0.385. The monoisotopic (exact) mass is 231 g/mol. The van der Waals surface area contributed by atoms with Crippen LogP contribution in [0.4, 0.5) is 0 Å². The molecule has 17 heavy (non-hydrogen) atoms. The SMILES string of the molecule is O=C(NCc1ccccc1)[C@@H]1[C@H]2COC(=O)[C@H]21. The van der Waals surface area contributed by atoms with Crippen molar-refractivity contribution in [2.45, 2.75) is 6.54 Å². The average Bonchev–Trinajstić information content (AvgIpc) is 2.98. The molecule has 0 aromatic heterocycles. The Morgan fingerprint density at radius 1 is 1.35 bits per heavy atom. The van der Waals surface area contributed by atoms with E-state index in [1.807, 2.05) is 30.3 Å². The van der Waals surface area contributed by atoms with Crippen molar-refractivity contribution in [3.63, 3.8) is 0 Å². The molecule has 88 valence electrons. The lowest BCUT2D eigenvalue weighted by Crippen LogP contribution is -2.27. The Bertz CT molecular complexity index is 457. The van der Waals surface area contributed by atoms with E-state index in [-0.39, 0.29) is 29.6 Å². The molecule has 1 heterocycles. The molecule has 1 aliphatic carbocycles. The summed E-state index contributed by atoms with van der Waals surface area (Å²) in [6.45, 7) is 0.928. The highest BCUT2D eigenvalue weighted by molar-refractivity contribution is 5.92. The van der Waals surface area contributed by atoms with Crippen LogP contribution in [0.1, 0.15) is 5.56 Å². The van der Waals surface area contributed by atoms with E-state index in [1.165, 1.54) is 0 Å². The normalized spacial score (nSPS) is 29.4. The summed E-state index contributed by atoms with van der Waals surface area (Å²) >= 11 is 0. The molecule has 3 rings (SSSR count). The number of benzene rings is 1. The highest BCUT2D eigenvalue weighted by Crippen LogP contribution is 2.51. The van der Waals surface area contributed by atoms with Crippen molar-refractivity contribution in [1.82, 2.24) is 5.32 Å². The number of carbonyl (C=O) groups is 2. The Kier molecular flexibility index (Phi) is 2.35. The van der Waals surface area contributed by atoms with Gasteiger partial charge in [0.2, 0.25) is 5.91 Å². The number of fused-ring (bicyclic) bond motifs is 1. The molecule has 1 aromatic rings. The second kappa shape index (κ2) is 3.87. The molecule has 0 radical (unpaired) electrons. The Morgan fingerprint density at radius 3 is 2.76 bits per heavy atom. The van der Waals surface area contributed by atoms with E-state index in [4.69, 9.17) is 4.74 Å². The number of carbonyl (C=O) groups excluding carboxylic acids is 2. The van der Waals surface area contributed by atoms with Gasteiger partial charge in [-0.05, 0) is 5.56 Å². The fourth-order valence-electron chi connectivity index (χ4n) is 2.44. The Hall–Kier alpha value is -1.84. The Labute approximate surface area is 99.0 Å². The van der Waals surface area contributed by atoms with E-state index in [2.05, 4.69) is 5.32 Å². The van der Waals surface area contributed by atoms with Crippen molar-refractivity contribution >= 4 is 11.9 Å². The molecule has 1 saturated carbocycles. The lowest BCUT2D eigenvalue weighted by Gasteiger charge is -2.06. The zero-order valence-electron chi connectivity index (χ0n) is 9.26. The first-order chi connectivity index (χ1) is 8.27. The quantitative estimate of drug-likeness (QED) is 0.780. The molecule has 0 unspecified atom stereocenters. The second-order valence-electron chi connectivity index (χ2n) is 4.55. The zero-order chi connectivity index (χ0) is 11.8. The molecule has 4 nitrogen and oxygen atoms in total. The number of esters is 1. The van der Waals surface area contributed by atoms with Crippen LogP contribution in [0.3, 0.4) is 0 Å². The molecule has 1 aromatic carbocycles. The summed E-state index contributed by atoms with van der Waals surface area (Å²) in [6, 6.07) is 9.73. The molecule has 2 aliphatic rings. The predicted octanol–water partition coefficient (Wildman–Crippen LogP) is 0.722. The van der Waals surface area contributed by atoms with Gasteiger partial charge in [-0.2, -0.15) is 0 Å². The lowest BCUT2D eigenvalue weighted by molar-refractivity contribution is -0.143. The van der Waals surface area contributed by atoms with Gasteiger partial charge in [-0.25, -0.2) is 0 Å². The maximum absolute atomic E-state index is 11.8. The molecule has 1 amide bonds. The van der Waals surface area contributed by atoms with Crippen LogP contribution in [0, 0.1) is 17.8 Å². The minimum Gasteiger partial charge on any atom is -0.465 e. The first kappa shape index (κ1) is 10.3. The van der Waals surface area contributed by atoms with Gasteiger partial charge in [0, 0.05) is 12.5 Å². The summed E-state index contributed by atoms with van der Waals surface area (Å²) in [4.78, 5) is 23.0. The van der Waals surface area contributed by atoms with Crippen molar-refractivity contribution in [2.24, 2.45) is 17.8 Å². The zero-order valence-corrected chi connectivity index (χ0v) is 9.26. The van der Waals surface area contributed by atoms with Crippen molar-refractivity contribution in [3.8, 4) is 0 Å². The summed E-state index contributed by atoms with van der Waals surface area (Å²) in [5.41, 5.74) is 1.06. The summed E-state index contributed by atoms with van der Waals surface area (Å²) < 4.78 is 4.84. The van der Waals surface area contributed by atoms with E-state index < -0.39 is 0 Å². The summed E-state index contributed by atoms with van der Waals surface area (Å²) in [5.74, 6) is -0.445. The molecular formula is C13H13NO3. The average molecular weight is 231 g/mol. The number of cyclic esters (lactones) is 1. The number of hydrogen-bond acceptors (Lipinski definition) is 3. The summed E-state index contributed by atoms with van der Waals surface area (Å²) in [7, 11) is 0. The molecule has 3 atom stereocenters. The first-order valence-electron chi connectivity index (χ1n) is 5.75. The minimum absolute atomic E-state index is 0.0273. The predicted molar refractivity (Wildman–Crippen MR) is 59.7 cm³/mol. The molecule has 1 N–H and O–H groups in total. The maximum atomic E-state index is 11.8.